The molecule has 0 bridgehead atoms. The first-order valence-corrected chi connectivity index (χ1v) is 7.51. The summed E-state index contributed by atoms with van der Waals surface area (Å²) in [4.78, 5) is 0. The third-order valence-electron chi connectivity index (χ3n) is 3.50. The van der Waals surface area contributed by atoms with Gasteiger partial charge in [0.15, 0.2) is 0 Å². The number of hydrogen-bond donors (Lipinski definition) is 1. The van der Waals surface area contributed by atoms with E-state index in [-0.39, 0.29) is 6.04 Å². The largest absolute Gasteiger partial charge is 0.496 e. The van der Waals surface area contributed by atoms with Gasteiger partial charge >= 0.3 is 0 Å². The van der Waals surface area contributed by atoms with Crippen LogP contribution in [0.2, 0.25) is 5.02 Å². The predicted octanol–water partition coefficient (Wildman–Crippen LogP) is 4.08. The van der Waals surface area contributed by atoms with Gasteiger partial charge < -0.3 is 10.5 Å². The van der Waals surface area contributed by atoms with E-state index in [0.29, 0.717) is 5.02 Å². The van der Waals surface area contributed by atoms with Crippen molar-refractivity contribution < 1.29 is 4.74 Å². The van der Waals surface area contributed by atoms with E-state index in [4.69, 9.17) is 22.1 Å². The number of aryl methyl sites for hydroxylation is 2. The van der Waals surface area contributed by atoms with Crippen LogP contribution in [0.3, 0.4) is 0 Å². The molecule has 0 saturated heterocycles. The fourth-order valence-corrected chi connectivity index (χ4v) is 2.95. The van der Waals surface area contributed by atoms with Gasteiger partial charge in [-0.1, -0.05) is 40.9 Å². The van der Waals surface area contributed by atoms with Crippen molar-refractivity contribution in [3.63, 3.8) is 0 Å². The molecule has 2 aromatic rings. The predicted molar refractivity (Wildman–Crippen MR) is 89.3 cm³/mol. The van der Waals surface area contributed by atoms with Crippen LogP contribution < -0.4 is 10.5 Å². The first kappa shape index (κ1) is 15.9. The van der Waals surface area contributed by atoms with Crippen molar-refractivity contribution in [3.05, 3.63) is 63.7 Å². The van der Waals surface area contributed by atoms with Crippen molar-refractivity contribution in [2.75, 3.05) is 7.11 Å². The van der Waals surface area contributed by atoms with Gasteiger partial charge in [-0.3, -0.25) is 0 Å². The molecule has 112 valence electrons. The Morgan fingerprint density at radius 3 is 2.33 bits per heavy atom. The monoisotopic (exact) mass is 303 g/mol. The van der Waals surface area contributed by atoms with Gasteiger partial charge in [-0.15, -0.1) is 0 Å². The van der Waals surface area contributed by atoms with Crippen LogP contribution in [-0.4, -0.2) is 13.2 Å². The average Bonchev–Trinajstić information content (AvgIpc) is 2.37. The Morgan fingerprint density at radius 1 is 1.05 bits per heavy atom. The molecule has 1 atom stereocenters. The topological polar surface area (TPSA) is 35.2 Å². The molecule has 0 spiro atoms. The lowest BCUT2D eigenvalue weighted by molar-refractivity contribution is 0.408. The Morgan fingerprint density at radius 2 is 1.71 bits per heavy atom. The first-order valence-electron chi connectivity index (χ1n) is 7.13. The van der Waals surface area contributed by atoms with Crippen LogP contribution in [-0.2, 0) is 12.8 Å². The molecule has 0 aliphatic carbocycles. The van der Waals surface area contributed by atoms with E-state index >= 15 is 0 Å². The van der Waals surface area contributed by atoms with Crippen LogP contribution in [0.15, 0.2) is 36.4 Å². The normalized spacial score (nSPS) is 12.2. The molecule has 0 radical (unpaired) electrons. The molecule has 3 heteroatoms. The summed E-state index contributed by atoms with van der Waals surface area (Å²) in [6, 6.07) is 12.3. The van der Waals surface area contributed by atoms with Gasteiger partial charge in [-0.05, 0) is 56.0 Å². The SMILES string of the molecule is COc1ccc(Cl)cc1CC(N)Cc1cc(C)cc(C)c1. The third-order valence-corrected chi connectivity index (χ3v) is 3.74. The van der Waals surface area contributed by atoms with E-state index in [9.17, 15) is 0 Å². The molecule has 1 unspecified atom stereocenters. The molecule has 0 aliphatic heterocycles. The fourth-order valence-electron chi connectivity index (χ4n) is 2.75. The van der Waals surface area contributed by atoms with Crippen LogP contribution in [0.5, 0.6) is 5.75 Å². The van der Waals surface area contributed by atoms with Crippen LogP contribution in [0.1, 0.15) is 22.3 Å². The summed E-state index contributed by atoms with van der Waals surface area (Å²) < 4.78 is 5.38. The maximum absolute atomic E-state index is 6.31. The van der Waals surface area contributed by atoms with Crippen molar-refractivity contribution >= 4 is 11.6 Å². The van der Waals surface area contributed by atoms with Gasteiger partial charge in [0.05, 0.1) is 7.11 Å². The zero-order chi connectivity index (χ0) is 15.4. The Labute approximate surface area is 131 Å². The second-order valence-electron chi connectivity index (χ2n) is 5.62. The van der Waals surface area contributed by atoms with Crippen LogP contribution in [0.4, 0.5) is 0 Å². The molecule has 0 fully saturated rings. The second kappa shape index (κ2) is 6.97. The van der Waals surface area contributed by atoms with Gasteiger partial charge in [0.2, 0.25) is 0 Å². The van der Waals surface area contributed by atoms with Gasteiger partial charge in [0, 0.05) is 11.1 Å². The van der Waals surface area contributed by atoms with E-state index < -0.39 is 0 Å². The summed E-state index contributed by atoms with van der Waals surface area (Å²) in [5.41, 5.74) is 11.2. The van der Waals surface area contributed by atoms with Crippen LogP contribution in [0, 0.1) is 13.8 Å². The van der Waals surface area contributed by atoms with E-state index in [0.717, 1.165) is 24.2 Å². The Bertz CT molecular complexity index is 604. The third kappa shape index (κ3) is 4.48. The Hall–Kier alpha value is -1.51. The quantitative estimate of drug-likeness (QED) is 0.903. The number of ether oxygens (including phenoxy) is 1. The van der Waals surface area contributed by atoms with Crippen molar-refractivity contribution in [1.29, 1.82) is 0 Å². The van der Waals surface area contributed by atoms with E-state index in [1.54, 1.807) is 7.11 Å². The van der Waals surface area contributed by atoms with Crippen molar-refractivity contribution in [2.45, 2.75) is 32.7 Å². The number of benzene rings is 2. The Balaban J connectivity index is 2.11. The molecule has 2 rings (SSSR count). The average molecular weight is 304 g/mol. The molecule has 0 aliphatic rings. The van der Waals surface area contributed by atoms with Crippen molar-refractivity contribution in [3.8, 4) is 5.75 Å². The van der Waals surface area contributed by atoms with Gasteiger partial charge in [0.1, 0.15) is 5.75 Å². The van der Waals surface area contributed by atoms with Gasteiger partial charge in [0.25, 0.3) is 0 Å². The maximum Gasteiger partial charge on any atom is 0.122 e. The summed E-state index contributed by atoms with van der Waals surface area (Å²) in [7, 11) is 1.67. The van der Waals surface area contributed by atoms with E-state index in [1.165, 1.54) is 16.7 Å². The molecule has 0 saturated carbocycles. The summed E-state index contributed by atoms with van der Waals surface area (Å²) in [6.07, 6.45) is 1.59. The van der Waals surface area contributed by atoms with Crippen LogP contribution in [0.25, 0.3) is 0 Å². The number of halogens is 1. The molecular weight excluding hydrogens is 282 g/mol. The summed E-state index contributed by atoms with van der Waals surface area (Å²) in [6.45, 7) is 4.23. The smallest absolute Gasteiger partial charge is 0.122 e. The lowest BCUT2D eigenvalue weighted by Crippen LogP contribution is -2.25. The first-order chi connectivity index (χ1) is 9.97. The highest BCUT2D eigenvalue weighted by Gasteiger charge is 2.11. The highest BCUT2D eigenvalue weighted by atomic mass is 35.5. The molecule has 0 aromatic heterocycles. The molecular formula is C18H22ClNO. The zero-order valence-corrected chi connectivity index (χ0v) is 13.6. The highest BCUT2D eigenvalue weighted by molar-refractivity contribution is 6.30. The number of methoxy groups -OCH3 is 1. The molecule has 0 heterocycles. The lowest BCUT2D eigenvalue weighted by Gasteiger charge is -2.15. The number of rotatable bonds is 5. The zero-order valence-electron chi connectivity index (χ0n) is 12.8. The lowest BCUT2D eigenvalue weighted by atomic mass is 9.97. The molecule has 0 amide bonds. The van der Waals surface area contributed by atoms with E-state index in [1.807, 2.05) is 18.2 Å². The van der Waals surface area contributed by atoms with Crippen LogP contribution >= 0.6 is 11.6 Å². The summed E-state index contributed by atoms with van der Waals surface area (Å²) in [5, 5.41) is 0.712. The second-order valence-corrected chi connectivity index (χ2v) is 6.06. The van der Waals surface area contributed by atoms with Gasteiger partial charge in [-0.2, -0.15) is 0 Å². The fraction of sp³-hybridized carbons (Fsp3) is 0.333. The standard InChI is InChI=1S/C18H22ClNO/c1-12-6-13(2)8-14(7-12)9-17(20)11-15-10-16(19)4-5-18(15)21-3/h4-8,10,17H,9,11,20H2,1-3H3. The summed E-state index contributed by atoms with van der Waals surface area (Å²) in [5.74, 6) is 0.843. The highest BCUT2D eigenvalue weighted by Crippen LogP contribution is 2.24. The number of nitrogens with two attached hydrogens (primary N) is 1. The minimum Gasteiger partial charge on any atom is -0.496 e. The minimum atomic E-state index is 0.0403. The molecule has 2 aromatic carbocycles. The molecule has 2 nitrogen and oxygen atoms in total. The molecule has 2 N–H and O–H groups in total. The number of hydrogen-bond acceptors (Lipinski definition) is 2. The summed E-state index contributed by atoms with van der Waals surface area (Å²) >= 11 is 6.06. The Kier molecular flexibility index (Phi) is 5.27. The van der Waals surface area contributed by atoms with Gasteiger partial charge in [-0.25, -0.2) is 0 Å². The van der Waals surface area contributed by atoms with Crippen molar-refractivity contribution in [1.82, 2.24) is 0 Å². The van der Waals surface area contributed by atoms with E-state index in [2.05, 4.69) is 32.0 Å². The molecule has 21 heavy (non-hydrogen) atoms. The maximum atomic E-state index is 6.31. The van der Waals surface area contributed by atoms with Crippen molar-refractivity contribution in [2.24, 2.45) is 5.73 Å². The minimum absolute atomic E-state index is 0.0403.